The summed E-state index contributed by atoms with van der Waals surface area (Å²) < 4.78 is 0.422. The van der Waals surface area contributed by atoms with Crippen LogP contribution in [-0.2, 0) is 0 Å². The first kappa shape index (κ1) is 8.20. The van der Waals surface area contributed by atoms with E-state index in [1.165, 1.54) is 0 Å². The first-order chi connectivity index (χ1) is 3.63. The van der Waals surface area contributed by atoms with Gasteiger partial charge in [-0.1, -0.05) is 12.2 Å². The van der Waals surface area contributed by atoms with Crippen molar-refractivity contribution in [3.05, 3.63) is 0 Å². The highest BCUT2D eigenvalue weighted by molar-refractivity contribution is 8.11. The fourth-order valence-electron chi connectivity index (χ4n) is 0.235. The normalized spacial score (nSPS) is 12.9. The highest BCUT2D eigenvalue weighted by Gasteiger charge is 1.92. The summed E-state index contributed by atoms with van der Waals surface area (Å²) >= 11 is 8.34. The predicted molar refractivity (Wildman–Crippen MR) is 41.3 cm³/mol. The Morgan fingerprint density at radius 2 is 2.50 bits per heavy atom. The zero-order valence-corrected chi connectivity index (χ0v) is 6.30. The number of aliphatic hydroxyl groups is 1. The van der Waals surface area contributed by atoms with E-state index in [0.29, 0.717) is 10.9 Å². The molecule has 0 bridgehead atoms. The zero-order chi connectivity index (χ0) is 6.57. The Morgan fingerprint density at radius 3 is 2.62 bits per heavy atom. The lowest BCUT2D eigenvalue weighted by atomic mass is 10.4. The van der Waals surface area contributed by atoms with Crippen LogP contribution in [0.2, 0.25) is 0 Å². The smallest absolute Gasteiger partial charge is 0.130 e. The quantitative estimate of drug-likeness (QED) is 0.388. The van der Waals surface area contributed by atoms with Gasteiger partial charge in [-0.3, -0.25) is 0 Å². The molecule has 0 saturated carbocycles. The van der Waals surface area contributed by atoms with Crippen molar-refractivity contribution >= 4 is 29.2 Å². The molecule has 48 valence electrons. The number of rotatable bonds is 2. The monoisotopic (exact) mass is 151 g/mol. The van der Waals surface area contributed by atoms with E-state index >= 15 is 0 Å². The second-order valence-corrected chi connectivity index (χ2v) is 2.69. The van der Waals surface area contributed by atoms with Crippen LogP contribution in [0.5, 0.6) is 0 Å². The Hall–Kier alpha value is 0.200. The van der Waals surface area contributed by atoms with Crippen LogP contribution >= 0.6 is 24.8 Å². The van der Waals surface area contributed by atoms with Crippen LogP contribution < -0.4 is 5.32 Å². The molecule has 0 aromatic heterocycles. The van der Waals surface area contributed by atoms with E-state index in [-0.39, 0.29) is 6.10 Å². The second-order valence-electron chi connectivity index (χ2n) is 1.54. The molecule has 0 heterocycles. The Kier molecular flexibility index (Phi) is 4.22. The van der Waals surface area contributed by atoms with Gasteiger partial charge in [-0.15, -0.1) is 12.6 Å². The summed E-state index contributed by atoms with van der Waals surface area (Å²) in [7, 11) is 0. The van der Waals surface area contributed by atoms with Gasteiger partial charge >= 0.3 is 0 Å². The maximum Gasteiger partial charge on any atom is 0.130 e. The van der Waals surface area contributed by atoms with Crippen LogP contribution in [0.15, 0.2) is 0 Å². The average Bonchev–Trinajstić information content (AvgIpc) is 1.61. The molecule has 0 fully saturated rings. The van der Waals surface area contributed by atoms with Gasteiger partial charge in [0.2, 0.25) is 0 Å². The van der Waals surface area contributed by atoms with Gasteiger partial charge in [0.1, 0.15) is 4.32 Å². The molecule has 0 aliphatic carbocycles. The van der Waals surface area contributed by atoms with Gasteiger partial charge in [0.05, 0.1) is 6.10 Å². The summed E-state index contributed by atoms with van der Waals surface area (Å²) in [5.74, 6) is 0. The van der Waals surface area contributed by atoms with Crippen LogP contribution in [0.1, 0.15) is 6.92 Å². The van der Waals surface area contributed by atoms with Crippen molar-refractivity contribution in [2.24, 2.45) is 0 Å². The molecule has 0 radical (unpaired) electrons. The van der Waals surface area contributed by atoms with Crippen LogP contribution in [0.25, 0.3) is 0 Å². The van der Waals surface area contributed by atoms with E-state index in [1.54, 1.807) is 6.92 Å². The molecule has 0 amide bonds. The van der Waals surface area contributed by atoms with Crippen molar-refractivity contribution in [1.29, 1.82) is 0 Å². The maximum atomic E-state index is 8.65. The average molecular weight is 151 g/mol. The molecule has 8 heavy (non-hydrogen) atoms. The van der Waals surface area contributed by atoms with Crippen LogP contribution in [-0.4, -0.2) is 22.1 Å². The minimum Gasteiger partial charge on any atom is -0.392 e. The molecule has 2 nitrogen and oxygen atoms in total. The molecule has 0 aromatic rings. The molecule has 2 N–H and O–H groups in total. The summed E-state index contributed by atoms with van der Waals surface area (Å²) in [5.41, 5.74) is 0. The van der Waals surface area contributed by atoms with Gasteiger partial charge < -0.3 is 10.4 Å². The number of thiol groups is 1. The molecule has 0 aliphatic heterocycles. The zero-order valence-electron chi connectivity index (χ0n) is 4.59. The van der Waals surface area contributed by atoms with Crippen molar-refractivity contribution in [3.8, 4) is 0 Å². The SMILES string of the molecule is CC(O)CNC(=S)S. The minimum absolute atomic E-state index is 0.361. The molecule has 1 unspecified atom stereocenters. The highest BCUT2D eigenvalue weighted by Crippen LogP contribution is 1.79. The molecule has 1 atom stereocenters. The van der Waals surface area contributed by atoms with E-state index < -0.39 is 0 Å². The largest absolute Gasteiger partial charge is 0.392 e. The van der Waals surface area contributed by atoms with Crippen molar-refractivity contribution < 1.29 is 5.11 Å². The standard InChI is InChI=1S/C4H9NOS2/c1-3(6)2-5-4(7)8/h3,6H,2H2,1H3,(H2,5,7,8). The Morgan fingerprint density at radius 1 is 2.00 bits per heavy atom. The number of thiocarbonyl (C=S) groups is 1. The fraction of sp³-hybridized carbons (Fsp3) is 0.750. The van der Waals surface area contributed by atoms with Crippen molar-refractivity contribution in [2.75, 3.05) is 6.54 Å². The summed E-state index contributed by atoms with van der Waals surface area (Å²) in [4.78, 5) is 0. The van der Waals surface area contributed by atoms with Gasteiger partial charge in [-0.05, 0) is 6.92 Å². The fourth-order valence-corrected chi connectivity index (χ4v) is 0.410. The third kappa shape index (κ3) is 6.20. The first-order valence-corrected chi connectivity index (χ1v) is 3.13. The van der Waals surface area contributed by atoms with E-state index in [1.807, 2.05) is 0 Å². The molecule has 4 heteroatoms. The Bertz CT molecular complexity index is 84.1. The summed E-state index contributed by atoms with van der Waals surface area (Å²) in [6.07, 6.45) is -0.361. The lowest BCUT2D eigenvalue weighted by Gasteiger charge is -2.03. The van der Waals surface area contributed by atoms with Gasteiger partial charge in [0, 0.05) is 6.54 Å². The summed E-state index contributed by atoms with van der Waals surface area (Å²) in [6.45, 7) is 2.15. The summed E-state index contributed by atoms with van der Waals surface area (Å²) in [5, 5.41) is 11.3. The number of nitrogens with one attached hydrogen (secondary N) is 1. The lowest BCUT2D eigenvalue weighted by Crippen LogP contribution is -2.25. The van der Waals surface area contributed by atoms with E-state index in [2.05, 4.69) is 30.2 Å². The molecule has 0 aromatic carbocycles. The molecule has 0 saturated heterocycles. The summed E-state index contributed by atoms with van der Waals surface area (Å²) in [6, 6.07) is 0. The third-order valence-electron chi connectivity index (χ3n) is 0.549. The van der Waals surface area contributed by atoms with Crippen LogP contribution in [0.3, 0.4) is 0 Å². The van der Waals surface area contributed by atoms with E-state index in [0.717, 1.165) is 0 Å². The van der Waals surface area contributed by atoms with Crippen molar-refractivity contribution in [3.63, 3.8) is 0 Å². The van der Waals surface area contributed by atoms with E-state index in [9.17, 15) is 0 Å². The molecule has 0 spiro atoms. The van der Waals surface area contributed by atoms with Gasteiger partial charge in [-0.2, -0.15) is 0 Å². The molecular formula is C4H9NOS2. The van der Waals surface area contributed by atoms with E-state index in [4.69, 9.17) is 5.11 Å². The van der Waals surface area contributed by atoms with Gasteiger partial charge in [0.25, 0.3) is 0 Å². The predicted octanol–water partition coefficient (Wildman–Crippen LogP) is 0.172. The number of hydrogen-bond donors (Lipinski definition) is 3. The lowest BCUT2D eigenvalue weighted by molar-refractivity contribution is 0.198. The molecular weight excluding hydrogens is 142 g/mol. The highest BCUT2D eigenvalue weighted by atomic mass is 32.1. The third-order valence-corrected chi connectivity index (χ3v) is 0.851. The van der Waals surface area contributed by atoms with Gasteiger partial charge in [-0.25, -0.2) is 0 Å². The Labute approximate surface area is 59.7 Å². The second kappa shape index (κ2) is 4.12. The molecule has 0 rings (SSSR count). The van der Waals surface area contributed by atoms with Gasteiger partial charge in [0.15, 0.2) is 0 Å². The van der Waals surface area contributed by atoms with Crippen LogP contribution in [0.4, 0.5) is 0 Å². The number of hydrogen-bond acceptors (Lipinski definition) is 2. The Balaban J connectivity index is 3.05. The van der Waals surface area contributed by atoms with Crippen LogP contribution in [0, 0.1) is 0 Å². The first-order valence-electron chi connectivity index (χ1n) is 2.28. The van der Waals surface area contributed by atoms with Crippen molar-refractivity contribution in [2.45, 2.75) is 13.0 Å². The topological polar surface area (TPSA) is 32.3 Å². The van der Waals surface area contributed by atoms with Crippen molar-refractivity contribution in [1.82, 2.24) is 5.32 Å². The minimum atomic E-state index is -0.361. The number of aliphatic hydroxyl groups excluding tert-OH is 1. The molecule has 0 aliphatic rings. The maximum absolute atomic E-state index is 8.65.